The molecule has 5 nitrogen and oxygen atoms in total. The van der Waals surface area contributed by atoms with E-state index in [4.69, 9.17) is 28.9 Å². The van der Waals surface area contributed by atoms with Crippen molar-refractivity contribution >= 4 is 57.5 Å². The molecular formula is C13H13BCl2FN5S. The molecule has 2 aliphatic rings. The lowest BCUT2D eigenvalue weighted by molar-refractivity contribution is 0.630. The minimum Gasteiger partial charge on any atom is -0.354 e. The van der Waals surface area contributed by atoms with Crippen LogP contribution in [-0.4, -0.2) is 39.4 Å². The van der Waals surface area contributed by atoms with Crippen LogP contribution in [0.5, 0.6) is 0 Å². The summed E-state index contributed by atoms with van der Waals surface area (Å²) >= 11 is 13.6. The number of hydrogen-bond donors (Lipinski definition) is 1. The lowest BCUT2D eigenvalue weighted by Crippen LogP contribution is -2.37. The highest BCUT2D eigenvalue weighted by molar-refractivity contribution is 8.26. The molecule has 2 aromatic rings. The largest absolute Gasteiger partial charge is 0.354 e. The molecule has 2 fully saturated rings. The van der Waals surface area contributed by atoms with Crippen LogP contribution in [-0.2, 0) is 0 Å². The van der Waals surface area contributed by atoms with E-state index in [0.717, 1.165) is 6.54 Å². The molecule has 0 aliphatic carbocycles. The Bertz CT molecular complexity index is 782. The van der Waals surface area contributed by atoms with Gasteiger partial charge in [-0.3, -0.25) is 0 Å². The summed E-state index contributed by atoms with van der Waals surface area (Å²) in [5.74, 6) is 1.07. The summed E-state index contributed by atoms with van der Waals surface area (Å²) in [4.78, 5) is 14.3. The minimum absolute atomic E-state index is 0.00991. The SMILES string of the molecule is NC1CN(c2nc(Cl)nc3c(F)c(Cl)ncc23)CC2CCB2S1. The zero-order chi connectivity index (χ0) is 16.1. The van der Waals surface area contributed by atoms with E-state index in [0.29, 0.717) is 29.6 Å². The Labute approximate surface area is 147 Å². The predicted octanol–water partition coefficient (Wildman–Crippen LogP) is 3.07. The third-order valence-electron chi connectivity index (χ3n) is 4.45. The second-order valence-electron chi connectivity index (χ2n) is 5.90. The van der Waals surface area contributed by atoms with Crippen LogP contribution in [0.25, 0.3) is 10.9 Å². The fourth-order valence-electron chi connectivity index (χ4n) is 3.18. The van der Waals surface area contributed by atoms with Crippen LogP contribution in [0.15, 0.2) is 6.20 Å². The number of aromatic nitrogens is 3. The Morgan fingerprint density at radius 2 is 2.17 bits per heavy atom. The van der Waals surface area contributed by atoms with Crippen LogP contribution >= 0.6 is 34.8 Å². The monoisotopic (exact) mass is 371 g/mol. The summed E-state index contributed by atoms with van der Waals surface area (Å²) < 4.78 is 14.2. The van der Waals surface area contributed by atoms with Gasteiger partial charge < -0.3 is 10.6 Å². The molecule has 10 heteroatoms. The summed E-state index contributed by atoms with van der Waals surface area (Å²) in [5, 5.41) is 0.259. The topological polar surface area (TPSA) is 67.9 Å². The first-order chi connectivity index (χ1) is 11.0. The highest BCUT2D eigenvalue weighted by Gasteiger charge is 2.41. The van der Waals surface area contributed by atoms with Crippen LogP contribution in [0, 0.1) is 5.82 Å². The number of pyridine rings is 1. The molecular weight excluding hydrogens is 359 g/mol. The molecule has 0 amide bonds. The smallest absolute Gasteiger partial charge is 0.225 e. The van der Waals surface area contributed by atoms with Crippen molar-refractivity contribution in [2.24, 2.45) is 5.73 Å². The van der Waals surface area contributed by atoms with Crippen molar-refractivity contribution in [3.05, 3.63) is 22.5 Å². The maximum absolute atomic E-state index is 14.2. The average Bonchev–Trinajstić information content (AvgIpc) is 2.61. The van der Waals surface area contributed by atoms with Gasteiger partial charge >= 0.3 is 0 Å². The number of halogens is 3. The van der Waals surface area contributed by atoms with Crippen LogP contribution < -0.4 is 10.6 Å². The molecule has 2 aliphatic heterocycles. The third kappa shape index (κ3) is 2.75. The molecule has 4 rings (SSSR count). The van der Waals surface area contributed by atoms with Gasteiger partial charge in [-0.2, -0.15) is 16.6 Å². The number of nitrogens with zero attached hydrogens (tertiary/aromatic N) is 4. The van der Waals surface area contributed by atoms with E-state index in [2.05, 4.69) is 19.9 Å². The Kier molecular flexibility index (Phi) is 4.03. The number of nitrogens with two attached hydrogens (primary N) is 1. The van der Waals surface area contributed by atoms with E-state index < -0.39 is 5.82 Å². The van der Waals surface area contributed by atoms with Crippen molar-refractivity contribution in [2.75, 3.05) is 18.0 Å². The number of fused-ring (bicyclic) bond motifs is 2. The Morgan fingerprint density at radius 3 is 2.91 bits per heavy atom. The van der Waals surface area contributed by atoms with Crippen molar-refractivity contribution in [3.63, 3.8) is 0 Å². The molecule has 4 heterocycles. The maximum atomic E-state index is 14.2. The molecule has 0 spiro atoms. The first kappa shape index (κ1) is 15.7. The Balaban J connectivity index is 1.82. The number of hydrogen-bond acceptors (Lipinski definition) is 6. The standard InChI is InChI=1S/C13H13BCl2FN5S/c15-11-9(17)10-7(3-19-11)12(21-13(16)20-10)22-4-6-1-2-14(6)23-8(18)5-22/h3,6,8H,1-2,4-5,18H2. The minimum atomic E-state index is -0.676. The van der Waals surface area contributed by atoms with Crippen LogP contribution in [0.3, 0.4) is 0 Å². The third-order valence-corrected chi connectivity index (χ3v) is 6.35. The van der Waals surface area contributed by atoms with E-state index in [1.807, 2.05) is 11.6 Å². The van der Waals surface area contributed by atoms with Gasteiger partial charge in [0.05, 0.1) is 10.8 Å². The van der Waals surface area contributed by atoms with Gasteiger partial charge in [-0.05, 0) is 17.4 Å². The van der Waals surface area contributed by atoms with Crippen molar-refractivity contribution in [2.45, 2.75) is 23.9 Å². The maximum Gasteiger partial charge on any atom is 0.225 e. The lowest BCUT2D eigenvalue weighted by atomic mass is 9.46. The molecule has 2 aromatic heterocycles. The van der Waals surface area contributed by atoms with E-state index in [-0.39, 0.29) is 21.3 Å². The molecule has 0 aromatic carbocycles. The summed E-state index contributed by atoms with van der Waals surface area (Å²) in [7, 11) is 0. The summed E-state index contributed by atoms with van der Waals surface area (Å²) in [6.45, 7) is 1.46. The van der Waals surface area contributed by atoms with Crippen molar-refractivity contribution in [3.8, 4) is 0 Å². The van der Waals surface area contributed by atoms with Crippen molar-refractivity contribution in [1.82, 2.24) is 15.0 Å². The van der Waals surface area contributed by atoms with Gasteiger partial charge in [0, 0.05) is 19.3 Å². The highest BCUT2D eigenvalue weighted by Crippen LogP contribution is 2.44. The molecule has 120 valence electrons. The first-order valence-electron chi connectivity index (χ1n) is 7.36. The van der Waals surface area contributed by atoms with Crippen LogP contribution in [0.1, 0.15) is 6.42 Å². The van der Waals surface area contributed by atoms with Gasteiger partial charge in [-0.1, -0.05) is 24.3 Å². The van der Waals surface area contributed by atoms with Crippen LogP contribution in [0.4, 0.5) is 10.2 Å². The molecule has 0 radical (unpaired) electrons. The van der Waals surface area contributed by atoms with Gasteiger partial charge in [0.2, 0.25) is 11.3 Å². The van der Waals surface area contributed by atoms with E-state index in [9.17, 15) is 4.39 Å². The Morgan fingerprint density at radius 1 is 1.35 bits per heavy atom. The molecule has 0 bridgehead atoms. The molecule has 0 saturated carbocycles. The van der Waals surface area contributed by atoms with E-state index in [1.165, 1.54) is 18.9 Å². The fourth-order valence-corrected chi connectivity index (χ4v) is 4.91. The molecule has 2 atom stereocenters. The fraction of sp³-hybridized carbons (Fsp3) is 0.462. The first-order valence-corrected chi connectivity index (χ1v) is 9.06. The van der Waals surface area contributed by atoms with Gasteiger partial charge in [0.15, 0.2) is 11.0 Å². The summed E-state index contributed by atoms with van der Waals surface area (Å²) in [5.41, 5.74) is 6.31. The molecule has 2 saturated heterocycles. The van der Waals surface area contributed by atoms with E-state index >= 15 is 0 Å². The highest BCUT2D eigenvalue weighted by atomic mass is 35.5. The van der Waals surface area contributed by atoms with Gasteiger partial charge in [0.25, 0.3) is 0 Å². The molecule has 23 heavy (non-hydrogen) atoms. The number of rotatable bonds is 1. The number of anilines is 1. The average molecular weight is 372 g/mol. The van der Waals surface area contributed by atoms with Crippen LogP contribution in [0.2, 0.25) is 22.6 Å². The summed E-state index contributed by atoms with van der Waals surface area (Å²) in [6, 6.07) is 0. The van der Waals surface area contributed by atoms with E-state index in [1.54, 1.807) is 0 Å². The van der Waals surface area contributed by atoms with Crippen molar-refractivity contribution < 1.29 is 4.39 Å². The lowest BCUT2D eigenvalue weighted by Gasteiger charge is -2.34. The van der Waals surface area contributed by atoms with Gasteiger partial charge in [-0.15, -0.1) is 0 Å². The normalized spacial score (nSPS) is 24.3. The second-order valence-corrected chi connectivity index (χ2v) is 8.08. The molecule has 2 unspecified atom stereocenters. The quantitative estimate of drug-likeness (QED) is 0.472. The predicted molar refractivity (Wildman–Crippen MR) is 94.0 cm³/mol. The van der Waals surface area contributed by atoms with Crippen molar-refractivity contribution in [1.29, 1.82) is 0 Å². The second kappa shape index (κ2) is 5.91. The Hall–Kier alpha value is -0.825. The zero-order valence-electron chi connectivity index (χ0n) is 12.0. The molecule has 2 N–H and O–H groups in total. The van der Waals surface area contributed by atoms with Gasteiger partial charge in [-0.25, -0.2) is 14.4 Å². The zero-order valence-corrected chi connectivity index (χ0v) is 14.4. The van der Waals surface area contributed by atoms with Gasteiger partial charge in [0.1, 0.15) is 11.3 Å². The summed E-state index contributed by atoms with van der Waals surface area (Å²) in [6.07, 6.45) is 3.87.